The molecule has 6 fully saturated rings. The molecule has 2 unspecified atom stereocenters. The van der Waals surface area contributed by atoms with Crippen molar-refractivity contribution in [1.29, 1.82) is 0 Å². The third-order valence-corrected chi connectivity index (χ3v) is 26.5. The Bertz CT molecular complexity index is 3270. The minimum atomic E-state index is -3.67. The average Bonchev–Trinajstić information content (AvgIpc) is 0.737. The Morgan fingerprint density at radius 1 is 0.396 bits per heavy atom. The third-order valence-electron chi connectivity index (χ3n) is 26.5. The Morgan fingerprint density at radius 3 is 1.23 bits per heavy atom. The highest BCUT2D eigenvalue weighted by Crippen LogP contribution is 2.44. The maximum Gasteiger partial charge on any atom is 0.364 e. The predicted molar refractivity (Wildman–Crippen MR) is 473 cm³/mol. The molecule has 782 valence electrons. The molecule has 6 rings (SSSR count). The summed E-state index contributed by atoms with van der Waals surface area (Å²) in [6.07, 6.45) is -24.1. The van der Waals surface area contributed by atoms with Crippen LogP contribution in [-0.4, -0.2) is 390 Å². The monoisotopic (exact) mass is 1940 g/mol. The van der Waals surface area contributed by atoms with Gasteiger partial charge < -0.3 is 185 Å². The van der Waals surface area contributed by atoms with Crippen LogP contribution in [0.2, 0.25) is 0 Å². The molecule has 0 saturated carbocycles. The van der Waals surface area contributed by atoms with E-state index in [9.17, 15) is 136 Å². The second-order valence-electron chi connectivity index (χ2n) is 37.4. The van der Waals surface area contributed by atoms with E-state index < -0.39 is 308 Å². The molecule has 6 heterocycles. The zero-order valence-electron chi connectivity index (χ0n) is 78.9. The van der Waals surface area contributed by atoms with Gasteiger partial charge in [-0.05, 0) is 19.8 Å². The van der Waals surface area contributed by atoms with Crippen LogP contribution in [0, 0.1) is 5.92 Å². The lowest BCUT2D eigenvalue weighted by molar-refractivity contribution is -0.407. The summed E-state index contributed by atoms with van der Waals surface area (Å²) in [6.45, 7) is -0.659. The molecule has 24 N–H and O–H groups in total. The van der Waals surface area contributed by atoms with Crippen LogP contribution in [-0.2, 0) is 85.6 Å². The van der Waals surface area contributed by atoms with Crippen LogP contribution in [0.25, 0.3) is 0 Å². The van der Waals surface area contributed by atoms with Gasteiger partial charge in [-0.25, -0.2) is 9.59 Å². The van der Waals surface area contributed by atoms with Crippen molar-refractivity contribution in [2.75, 3.05) is 46.2 Å². The molecule has 6 aliphatic heterocycles. The molecule has 0 aliphatic carbocycles. The van der Waals surface area contributed by atoms with Gasteiger partial charge in [0.25, 0.3) is 11.6 Å². The third kappa shape index (κ3) is 36.3. The lowest BCUT2D eigenvalue weighted by Crippen LogP contribution is -2.72. The Morgan fingerprint density at radius 2 is 0.784 bits per heavy atom. The lowest BCUT2D eigenvalue weighted by atomic mass is 9.86. The van der Waals surface area contributed by atoms with Gasteiger partial charge >= 0.3 is 11.9 Å². The van der Waals surface area contributed by atoms with Gasteiger partial charge in [0.1, 0.15) is 128 Å². The first-order valence-corrected chi connectivity index (χ1v) is 49.3. The number of ketones is 1. The summed E-state index contributed by atoms with van der Waals surface area (Å²) in [5.74, 6) is -16.5. The normalized spacial score (nSPS) is 33.9. The second kappa shape index (κ2) is 62.3. The van der Waals surface area contributed by atoms with E-state index in [1.54, 1.807) is 0 Å². The Kier molecular flexibility index (Phi) is 55.0. The molecule has 0 aromatic heterocycles. The molecule has 34 atom stereocenters. The van der Waals surface area contributed by atoms with Crippen molar-refractivity contribution in [2.45, 2.75) is 493 Å². The first-order valence-electron chi connectivity index (χ1n) is 49.3. The summed E-state index contributed by atoms with van der Waals surface area (Å²) in [6, 6.07) is -5.01. The zero-order valence-corrected chi connectivity index (χ0v) is 78.9. The summed E-state index contributed by atoms with van der Waals surface area (Å²) in [4.78, 5) is 80.7. The van der Waals surface area contributed by atoms with E-state index in [1.165, 1.54) is 141 Å². The Hall–Kier alpha value is -4.22. The quantitative estimate of drug-likeness (QED) is 0.0361. The first kappa shape index (κ1) is 118. The fourth-order valence-corrected chi connectivity index (χ4v) is 18.7. The van der Waals surface area contributed by atoms with E-state index in [-0.39, 0.29) is 12.8 Å². The fraction of sp³-hybridized carbons (Fsp3) is 0.935. The van der Waals surface area contributed by atoms with E-state index in [2.05, 4.69) is 29.8 Å². The highest BCUT2D eigenvalue weighted by atomic mass is 16.8. The predicted octanol–water partition coefficient (Wildman–Crippen LogP) is 0.177. The molecule has 3 amide bonds. The van der Waals surface area contributed by atoms with Gasteiger partial charge in [0.15, 0.2) is 25.2 Å². The summed E-state index contributed by atoms with van der Waals surface area (Å²) >= 11 is 0. The van der Waals surface area contributed by atoms with E-state index in [0.29, 0.717) is 12.8 Å². The largest absolute Gasteiger partial charge is 0.477 e. The van der Waals surface area contributed by atoms with E-state index in [4.69, 9.17) is 56.8 Å². The molecule has 0 radical (unpaired) electrons. The molecular formula is C92H165N3O39. The lowest BCUT2D eigenvalue weighted by Gasteiger charge is -2.53. The minimum absolute atomic E-state index is 0.113. The molecule has 0 aromatic carbocycles. The van der Waals surface area contributed by atoms with Gasteiger partial charge in [0, 0.05) is 45.4 Å². The number of aliphatic hydroxyl groups is 19. The van der Waals surface area contributed by atoms with Crippen LogP contribution in [0.15, 0.2) is 0 Å². The van der Waals surface area contributed by atoms with Crippen molar-refractivity contribution in [3.8, 4) is 0 Å². The summed E-state index contributed by atoms with van der Waals surface area (Å²) in [5, 5.41) is 246. The molecule has 0 spiro atoms. The number of unbranched alkanes of at least 4 members (excludes halogenated alkanes) is 33. The molecule has 134 heavy (non-hydrogen) atoms. The number of carboxylic acid groups (broad SMARTS) is 2. The smallest absolute Gasteiger partial charge is 0.364 e. The van der Waals surface area contributed by atoms with Gasteiger partial charge in [-0.1, -0.05) is 232 Å². The fourth-order valence-electron chi connectivity index (χ4n) is 18.7. The molecule has 0 bridgehead atoms. The molecule has 42 nitrogen and oxygen atoms in total. The topological polar surface area (TPSA) is 674 Å². The number of aliphatic hydroxyl groups excluding tert-OH is 19. The standard InChI is InChI=1S/C92H165N3O39/c1-6-8-10-12-14-16-18-20-21-22-23-24-25-26-27-28-30-32-34-36-38-40-42-67(109)95-57(58(105)41-39-37-35-33-31-29-19-17-15-13-11-9-7-2)52-123-86-77(117)75(115)80(65(50-100)126-86)129-88-78(118)84(81(66(51-101)127-88)130-85-56(43-53(3)102)79(72(112)63(48-98)124-85)128-87-76(116)74(114)71(111)62(47-97)125-87)134-92(90(121)122)45-60(107)69(94-55(5)104)83(133-92)73(113)64(49-99)131-91(89(119)120)44-59(106)68(93-54(4)103)82(132-91)70(110)61(108)46-96/h56-66,68-88,96-101,105-108,110-118H,6-52H2,1-5H3,(H,93,103)(H,94,104)(H,95,109)(H,119,120)(H,121,122)/t56-,57+,58-,59+,60+,61-,62-,63-,64-,65-,66-,68-,69-,70-,71+,72+,73-,74+,75-,76-,77-,78-,79-,80-,81+,82?,83?,84-,85+,86-,87+,88+,91-,92+/m1/s1. The number of carbonyl (C=O) groups excluding carboxylic acids is 4. The maximum absolute atomic E-state index is 14.5. The van der Waals surface area contributed by atoms with Crippen LogP contribution in [0.5, 0.6) is 0 Å². The van der Waals surface area contributed by atoms with Gasteiger partial charge in [-0.3, -0.25) is 14.4 Å². The maximum atomic E-state index is 14.5. The average molecular weight is 1940 g/mol. The van der Waals surface area contributed by atoms with Gasteiger partial charge in [0.2, 0.25) is 17.7 Å². The van der Waals surface area contributed by atoms with Crippen molar-refractivity contribution < 1.29 is 193 Å². The number of aliphatic carboxylic acids is 2. The zero-order chi connectivity index (χ0) is 98.8. The molecular weight excluding hydrogens is 1770 g/mol. The van der Waals surface area contributed by atoms with E-state index >= 15 is 0 Å². The SMILES string of the molecule is CCCCCCCCCCCCCCCCCCCCCCCCC(=O)N[C@@H](CO[C@@H]1O[C@H](CO)[C@@H](O[C@@H]2O[C@H](CO)[C@H](O[C@@H]3O[C@H](CO)[C@H](O)[C@H](O[C@@H]4O[C@H](CO)[C@H](O)[C@H](O)[C@H]4O)[C@H]3CC(C)=O)[C@H](O[C@]3(C(=O)O)C[C@H](O)[C@@H](NC(C)=O)C([C@H](O)[C@@H](CO)O[C@]4(C(=O)O)C[C@H](O)[C@@H](NC(C)=O)C([C@H](O)[C@H](O)CO)O4)O3)[C@H]2O)[C@H](O)[C@H]1O)[C@H](O)CCCCCCCCCCCCCCC. The van der Waals surface area contributed by atoms with Crippen molar-refractivity contribution in [2.24, 2.45) is 5.92 Å². The van der Waals surface area contributed by atoms with Gasteiger partial charge in [0.05, 0.1) is 88.8 Å². The number of hydrogen-bond acceptors (Lipinski definition) is 37. The number of amides is 3. The van der Waals surface area contributed by atoms with Crippen LogP contribution < -0.4 is 16.0 Å². The first-order chi connectivity index (χ1) is 64.1. The number of carbonyl (C=O) groups is 6. The summed E-state index contributed by atoms with van der Waals surface area (Å²) in [7, 11) is 0. The van der Waals surface area contributed by atoms with E-state index in [0.717, 1.165) is 91.4 Å². The van der Waals surface area contributed by atoms with Gasteiger partial charge in [-0.2, -0.15) is 0 Å². The number of nitrogens with one attached hydrogen (secondary N) is 3. The number of Topliss-reactive ketones (excluding diaryl/α,β-unsaturated/α-hetero) is 1. The van der Waals surface area contributed by atoms with Crippen molar-refractivity contribution in [3.63, 3.8) is 0 Å². The highest BCUT2D eigenvalue weighted by molar-refractivity contribution is 5.78. The Labute approximate surface area is 786 Å². The number of ether oxygens (including phenoxy) is 12. The van der Waals surface area contributed by atoms with Gasteiger partial charge in [-0.15, -0.1) is 0 Å². The summed E-state index contributed by atoms with van der Waals surface area (Å²) in [5.41, 5.74) is 0. The van der Waals surface area contributed by atoms with Crippen LogP contribution >= 0.6 is 0 Å². The van der Waals surface area contributed by atoms with E-state index in [1.807, 2.05) is 0 Å². The number of carboxylic acids is 2. The summed E-state index contributed by atoms with van der Waals surface area (Å²) < 4.78 is 72.7. The molecule has 0 aromatic rings. The Balaban J connectivity index is 1.27. The second-order valence-corrected chi connectivity index (χ2v) is 37.4. The van der Waals surface area contributed by atoms with Crippen LogP contribution in [0.1, 0.15) is 291 Å². The van der Waals surface area contributed by atoms with Crippen molar-refractivity contribution >= 4 is 35.4 Å². The highest BCUT2D eigenvalue weighted by Gasteiger charge is 2.64. The molecule has 6 aliphatic rings. The van der Waals surface area contributed by atoms with Crippen LogP contribution in [0.4, 0.5) is 0 Å². The van der Waals surface area contributed by atoms with Crippen LogP contribution in [0.3, 0.4) is 0 Å². The number of rotatable bonds is 68. The molecule has 6 saturated heterocycles. The molecule has 42 heteroatoms. The minimum Gasteiger partial charge on any atom is -0.477 e. The van der Waals surface area contributed by atoms with Crippen molar-refractivity contribution in [3.05, 3.63) is 0 Å². The van der Waals surface area contributed by atoms with Crippen molar-refractivity contribution in [1.82, 2.24) is 16.0 Å². The number of hydrogen-bond donors (Lipinski definition) is 24.